The van der Waals surface area contributed by atoms with Crippen LogP contribution in [-0.4, -0.2) is 22.8 Å². The Hall–Kier alpha value is -3.08. The first-order valence-corrected chi connectivity index (χ1v) is 7.73. The Balaban J connectivity index is 1.84. The summed E-state index contributed by atoms with van der Waals surface area (Å²) >= 11 is 0. The van der Waals surface area contributed by atoms with Crippen molar-refractivity contribution in [3.63, 3.8) is 0 Å². The highest BCUT2D eigenvalue weighted by molar-refractivity contribution is 6.48. The van der Waals surface area contributed by atoms with E-state index in [1.54, 1.807) is 24.4 Å². The number of H-pyrrole nitrogens is 1. The summed E-state index contributed by atoms with van der Waals surface area (Å²) in [5.41, 5.74) is 1.65. The van der Waals surface area contributed by atoms with Crippen molar-refractivity contribution in [2.24, 2.45) is 0 Å². The molecule has 122 valence electrons. The maximum Gasteiger partial charge on any atom is 0.296 e. The summed E-state index contributed by atoms with van der Waals surface area (Å²) in [6, 6.07) is 14.4. The van der Waals surface area contributed by atoms with E-state index in [0.717, 1.165) is 10.9 Å². The Labute approximate surface area is 139 Å². The van der Waals surface area contributed by atoms with Gasteiger partial charge in [-0.1, -0.05) is 30.3 Å². The van der Waals surface area contributed by atoms with Crippen LogP contribution in [0.3, 0.4) is 0 Å². The van der Waals surface area contributed by atoms with Crippen LogP contribution in [0.15, 0.2) is 54.7 Å². The summed E-state index contributed by atoms with van der Waals surface area (Å²) in [6.07, 6.45) is 1.52. The minimum Gasteiger partial charge on any atom is -0.489 e. The fraction of sp³-hybridized carbons (Fsp3) is 0.158. The molecule has 2 N–H and O–H groups in total. The van der Waals surface area contributed by atoms with Crippen LogP contribution in [0.1, 0.15) is 24.2 Å². The zero-order valence-electron chi connectivity index (χ0n) is 13.5. The number of benzene rings is 2. The Morgan fingerprint density at radius 3 is 2.54 bits per heavy atom. The van der Waals surface area contributed by atoms with Gasteiger partial charge >= 0.3 is 0 Å². The molecule has 0 aliphatic heterocycles. The van der Waals surface area contributed by atoms with Crippen LogP contribution < -0.4 is 10.1 Å². The molecule has 0 aliphatic rings. The van der Waals surface area contributed by atoms with Crippen molar-refractivity contribution < 1.29 is 14.3 Å². The summed E-state index contributed by atoms with van der Waals surface area (Å²) in [5.74, 6) is -0.751. The summed E-state index contributed by atoms with van der Waals surface area (Å²) in [4.78, 5) is 27.8. The second-order valence-electron chi connectivity index (χ2n) is 5.69. The van der Waals surface area contributed by atoms with Gasteiger partial charge in [0.2, 0.25) is 0 Å². The van der Waals surface area contributed by atoms with Crippen molar-refractivity contribution in [3.8, 4) is 5.75 Å². The number of ketones is 1. The molecule has 0 atom stereocenters. The molecular formula is C19H18N2O3. The van der Waals surface area contributed by atoms with Gasteiger partial charge in [0.15, 0.2) is 0 Å². The maximum absolute atomic E-state index is 12.5. The number of nitrogens with one attached hydrogen (secondary N) is 2. The second-order valence-corrected chi connectivity index (χ2v) is 5.69. The van der Waals surface area contributed by atoms with Crippen molar-refractivity contribution >= 4 is 28.3 Å². The van der Waals surface area contributed by atoms with E-state index in [1.807, 2.05) is 44.2 Å². The van der Waals surface area contributed by atoms with Crippen LogP contribution in [0.25, 0.3) is 10.9 Å². The number of carbonyl (C=O) groups is 2. The quantitative estimate of drug-likeness (QED) is 0.555. The predicted octanol–water partition coefficient (Wildman–Crippen LogP) is 3.78. The van der Waals surface area contributed by atoms with E-state index in [-0.39, 0.29) is 6.10 Å². The molecule has 0 saturated heterocycles. The van der Waals surface area contributed by atoms with Crippen LogP contribution in [0.2, 0.25) is 0 Å². The number of hydrogen-bond donors (Lipinski definition) is 2. The van der Waals surface area contributed by atoms with Gasteiger partial charge in [0.05, 0.1) is 17.4 Å². The predicted molar refractivity (Wildman–Crippen MR) is 93.5 cm³/mol. The first-order chi connectivity index (χ1) is 11.6. The zero-order chi connectivity index (χ0) is 17.1. The summed E-state index contributed by atoms with van der Waals surface area (Å²) in [6.45, 7) is 3.80. The molecule has 2 aromatic carbocycles. The van der Waals surface area contributed by atoms with Gasteiger partial charge in [0.1, 0.15) is 5.75 Å². The molecule has 0 aliphatic carbocycles. The van der Waals surface area contributed by atoms with Crippen molar-refractivity contribution in [2.45, 2.75) is 20.0 Å². The van der Waals surface area contributed by atoms with E-state index < -0.39 is 11.7 Å². The van der Waals surface area contributed by atoms with E-state index in [9.17, 15) is 9.59 Å². The lowest BCUT2D eigenvalue weighted by atomic mass is 10.1. The smallest absolute Gasteiger partial charge is 0.296 e. The van der Waals surface area contributed by atoms with Crippen molar-refractivity contribution in [2.75, 3.05) is 5.32 Å². The number of amides is 1. The SMILES string of the molecule is CC(C)Oc1ccccc1NC(=O)C(=O)c1c[nH]c2ccccc12. The fourth-order valence-electron chi connectivity index (χ4n) is 2.49. The van der Waals surface area contributed by atoms with Crippen LogP contribution in [-0.2, 0) is 4.79 Å². The van der Waals surface area contributed by atoms with Crippen molar-refractivity contribution in [3.05, 3.63) is 60.3 Å². The number of aromatic nitrogens is 1. The van der Waals surface area contributed by atoms with Crippen LogP contribution in [0, 0.1) is 0 Å². The zero-order valence-corrected chi connectivity index (χ0v) is 13.5. The number of fused-ring (bicyclic) bond motifs is 1. The minimum absolute atomic E-state index is 0.0348. The molecule has 0 spiro atoms. The second kappa shape index (κ2) is 6.58. The Bertz CT molecular complexity index is 896. The van der Waals surface area contributed by atoms with Gasteiger partial charge in [-0.3, -0.25) is 9.59 Å². The highest BCUT2D eigenvalue weighted by atomic mass is 16.5. The summed E-state index contributed by atoms with van der Waals surface area (Å²) < 4.78 is 5.65. The van der Waals surface area contributed by atoms with Gasteiger partial charge in [-0.2, -0.15) is 0 Å². The average molecular weight is 322 g/mol. The van der Waals surface area contributed by atoms with Crippen molar-refractivity contribution in [1.82, 2.24) is 4.98 Å². The third-order valence-corrected chi connectivity index (χ3v) is 3.54. The molecule has 0 fully saturated rings. The lowest BCUT2D eigenvalue weighted by molar-refractivity contribution is -0.112. The molecule has 5 heteroatoms. The van der Waals surface area contributed by atoms with Crippen molar-refractivity contribution in [1.29, 1.82) is 0 Å². The number of anilines is 1. The number of ether oxygens (including phenoxy) is 1. The molecule has 0 bridgehead atoms. The lowest BCUT2D eigenvalue weighted by Gasteiger charge is -2.14. The first-order valence-electron chi connectivity index (χ1n) is 7.73. The van der Waals surface area contributed by atoms with E-state index in [4.69, 9.17) is 4.74 Å². The Morgan fingerprint density at radius 1 is 1.04 bits per heavy atom. The fourth-order valence-corrected chi connectivity index (χ4v) is 2.49. The molecule has 5 nitrogen and oxygen atoms in total. The first kappa shape index (κ1) is 15.8. The monoisotopic (exact) mass is 322 g/mol. The number of carbonyl (C=O) groups excluding carboxylic acids is 2. The van der Waals surface area contributed by atoms with Crippen LogP contribution in [0.5, 0.6) is 5.75 Å². The van der Waals surface area contributed by atoms with E-state index in [0.29, 0.717) is 17.0 Å². The molecule has 0 saturated carbocycles. The highest BCUT2D eigenvalue weighted by Gasteiger charge is 2.21. The van der Waals surface area contributed by atoms with Gasteiger partial charge in [0, 0.05) is 17.1 Å². The highest BCUT2D eigenvalue weighted by Crippen LogP contribution is 2.25. The molecule has 1 amide bonds. The number of Topliss-reactive ketones (excluding diaryl/α,β-unsaturated/α-hetero) is 1. The molecule has 24 heavy (non-hydrogen) atoms. The Morgan fingerprint density at radius 2 is 1.75 bits per heavy atom. The lowest BCUT2D eigenvalue weighted by Crippen LogP contribution is -2.23. The maximum atomic E-state index is 12.5. The number of para-hydroxylation sites is 3. The molecular weight excluding hydrogens is 304 g/mol. The molecule has 0 radical (unpaired) electrons. The molecule has 1 aromatic heterocycles. The van der Waals surface area contributed by atoms with E-state index >= 15 is 0 Å². The van der Waals surface area contributed by atoms with E-state index in [2.05, 4.69) is 10.3 Å². The molecule has 1 heterocycles. The number of hydrogen-bond acceptors (Lipinski definition) is 3. The summed E-state index contributed by atoms with van der Waals surface area (Å²) in [5, 5.41) is 3.37. The third-order valence-electron chi connectivity index (χ3n) is 3.54. The standard InChI is InChI=1S/C19H18N2O3/c1-12(2)24-17-10-6-5-9-16(17)21-19(23)18(22)14-11-20-15-8-4-3-7-13(14)15/h3-12,20H,1-2H3,(H,21,23). The minimum atomic E-state index is -0.695. The molecule has 0 unspecified atom stereocenters. The van der Waals surface area contributed by atoms with Crippen LogP contribution >= 0.6 is 0 Å². The topological polar surface area (TPSA) is 71.2 Å². The van der Waals surface area contributed by atoms with Gasteiger partial charge < -0.3 is 15.0 Å². The molecule has 3 rings (SSSR count). The normalized spacial score (nSPS) is 10.8. The average Bonchev–Trinajstić information content (AvgIpc) is 2.99. The Kier molecular flexibility index (Phi) is 4.33. The molecule has 3 aromatic rings. The van der Waals surface area contributed by atoms with Gasteiger partial charge in [-0.25, -0.2) is 0 Å². The summed E-state index contributed by atoms with van der Waals surface area (Å²) in [7, 11) is 0. The van der Waals surface area contributed by atoms with Gasteiger partial charge in [-0.05, 0) is 32.0 Å². The number of rotatable bonds is 5. The van der Waals surface area contributed by atoms with Gasteiger partial charge in [-0.15, -0.1) is 0 Å². The van der Waals surface area contributed by atoms with Gasteiger partial charge in [0.25, 0.3) is 11.7 Å². The largest absolute Gasteiger partial charge is 0.489 e. The van der Waals surface area contributed by atoms with Crippen LogP contribution in [0.4, 0.5) is 5.69 Å². The number of aromatic amines is 1. The van der Waals surface area contributed by atoms with E-state index in [1.165, 1.54) is 0 Å². The third kappa shape index (κ3) is 3.15.